The zero-order valence-corrected chi connectivity index (χ0v) is 40.6. The van der Waals surface area contributed by atoms with Crippen molar-refractivity contribution < 1.29 is 44.2 Å². The normalized spacial score (nSPS) is 21.5. The lowest BCUT2D eigenvalue weighted by molar-refractivity contribution is 0.105. The number of ketones is 1. The fourth-order valence-electron chi connectivity index (χ4n) is 11.0. The Bertz CT molecular complexity index is 2860. The van der Waals surface area contributed by atoms with E-state index in [4.69, 9.17) is 23.9 Å². The molecule has 0 spiro atoms. The van der Waals surface area contributed by atoms with Gasteiger partial charge in [-0.3, -0.25) is 4.79 Å². The van der Waals surface area contributed by atoms with Crippen LogP contribution in [0.1, 0.15) is 101 Å². The van der Waals surface area contributed by atoms with E-state index in [2.05, 4.69) is 65.7 Å². The predicted octanol–water partition coefficient (Wildman–Crippen LogP) is 8.57. The van der Waals surface area contributed by atoms with Crippen LogP contribution in [0, 0.1) is 5.92 Å². The Kier molecular flexibility index (Phi) is 14.5. The van der Waals surface area contributed by atoms with E-state index in [9.17, 15) is 25.2 Å². The number of ether oxygens (including phenoxy) is 4. The second-order valence-electron chi connectivity index (χ2n) is 19.4. The summed E-state index contributed by atoms with van der Waals surface area (Å²) >= 11 is 0. The molecule has 0 radical (unpaired) electrons. The number of anilines is 1. The van der Waals surface area contributed by atoms with E-state index in [0.29, 0.717) is 48.3 Å². The monoisotopic (exact) mass is 959 g/mol. The number of benzene rings is 5. The van der Waals surface area contributed by atoms with Gasteiger partial charge in [0.05, 0.1) is 32.5 Å². The lowest BCUT2D eigenvalue weighted by Gasteiger charge is -2.45. The van der Waals surface area contributed by atoms with Gasteiger partial charge in [-0.15, -0.1) is 0 Å². The summed E-state index contributed by atoms with van der Waals surface area (Å²) in [6, 6.07) is 34.0. The largest absolute Gasteiger partial charge is 0.508 e. The Hall–Kier alpha value is -6.57. The zero-order chi connectivity index (χ0) is 49.0. The topological polar surface area (TPSA) is 169 Å². The highest BCUT2D eigenvalue weighted by molar-refractivity contribution is 6.05. The third-order valence-corrected chi connectivity index (χ3v) is 14.8. The van der Waals surface area contributed by atoms with Crippen molar-refractivity contribution in [2.24, 2.45) is 5.92 Å². The van der Waals surface area contributed by atoms with E-state index in [-0.39, 0.29) is 73.6 Å². The fraction of sp³-hybridized carbons (Fsp3) is 0.373. The van der Waals surface area contributed by atoms with Crippen molar-refractivity contribution in [3.63, 3.8) is 0 Å². The summed E-state index contributed by atoms with van der Waals surface area (Å²) in [5.41, 5.74) is 10.1. The summed E-state index contributed by atoms with van der Waals surface area (Å²) in [7, 11) is 1.55. The van der Waals surface area contributed by atoms with Crippen LogP contribution in [0.25, 0.3) is 17.2 Å². The van der Waals surface area contributed by atoms with Crippen LogP contribution in [0.3, 0.4) is 0 Å². The van der Waals surface area contributed by atoms with E-state index >= 15 is 0 Å². The van der Waals surface area contributed by atoms with Crippen molar-refractivity contribution in [2.45, 2.75) is 88.6 Å². The van der Waals surface area contributed by atoms with Crippen LogP contribution < -0.4 is 34.1 Å². The Balaban J connectivity index is 1.10. The fourth-order valence-corrected chi connectivity index (χ4v) is 11.0. The molecule has 11 rings (SSSR count). The minimum atomic E-state index is -0.824. The van der Waals surface area contributed by atoms with E-state index < -0.39 is 18.3 Å². The van der Waals surface area contributed by atoms with Crippen LogP contribution in [0.5, 0.6) is 28.7 Å². The quantitative estimate of drug-likeness (QED) is 0.0835. The Morgan fingerprint density at radius 2 is 1.76 bits per heavy atom. The molecule has 6 N–H and O–H groups in total. The number of nitrogens with zero attached hydrogens (tertiary/aromatic N) is 2. The average molecular weight is 960 g/mol. The number of nitrogens with one attached hydrogen (secondary N) is 1. The molecule has 0 amide bonds. The first kappa shape index (κ1) is 48.1. The van der Waals surface area contributed by atoms with Crippen LogP contribution in [-0.4, -0.2) is 89.7 Å². The van der Waals surface area contributed by atoms with Crippen LogP contribution in [0.2, 0.25) is 0 Å². The highest BCUT2D eigenvalue weighted by Gasteiger charge is 2.42. The average Bonchev–Trinajstić information content (AvgIpc) is 3.83. The number of aromatic nitrogens is 1. The number of hydrogen-bond acceptors (Lipinski definition) is 10. The SMILES string of the molecule is CCc1cc2c([n-]1)N1CCNCC1Cc1ccc3c(c1)C(O)CCC3C(CO)COc1c(c3c(c(OCCC(O)C=Cc4ccccc4)c1OC)C(=[OH+])CC(c1ccc(O)cc1)O3)CCc1cccc-2c1. The molecule has 4 aliphatic heterocycles. The van der Waals surface area contributed by atoms with Crippen LogP contribution >= 0.6 is 0 Å². The maximum Gasteiger partial charge on any atom is 0.335 e. The molecule has 370 valence electrons. The van der Waals surface area contributed by atoms with E-state index in [1.807, 2.05) is 36.4 Å². The van der Waals surface area contributed by atoms with Crippen molar-refractivity contribution in [1.82, 2.24) is 10.3 Å². The molecule has 5 aliphatic rings. The van der Waals surface area contributed by atoms with Gasteiger partial charge in [0.1, 0.15) is 24.0 Å². The van der Waals surface area contributed by atoms with Crippen LogP contribution in [0.4, 0.5) is 5.82 Å². The van der Waals surface area contributed by atoms with Crippen molar-refractivity contribution in [2.75, 3.05) is 51.5 Å². The van der Waals surface area contributed by atoms with Crippen LogP contribution in [0.15, 0.2) is 109 Å². The lowest BCUT2D eigenvalue weighted by atomic mass is 9.74. The van der Waals surface area contributed by atoms with Gasteiger partial charge in [-0.2, -0.15) is 0 Å². The zero-order valence-electron chi connectivity index (χ0n) is 40.6. The van der Waals surface area contributed by atoms with Gasteiger partial charge < -0.3 is 54.6 Å². The van der Waals surface area contributed by atoms with Gasteiger partial charge >= 0.3 is 5.78 Å². The molecule has 1 fully saturated rings. The van der Waals surface area contributed by atoms with Gasteiger partial charge in [0, 0.05) is 24.5 Å². The maximum atomic E-state index is 12.2. The first-order chi connectivity index (χ1) is 34.7. The second kappa shape index (κ2) is 21.4. The van der Waals surface area contributed by atoms with Gasteiger partial charge in [0.2, 0.25) is 5.75 Å². The molecule has 6 aromatic rings. The number of phenols is 1. The van der Waals surface area contributed by atoms with Crippen molar-refractivity contribution in [3.8, 4) is 39.9 Å². The number of aliphatic hydroxyl groups excluding tert-OH is 3. The number of aromatic hydroxyl groups is 1. The smallest absolute Gasteiger partial charge is 0.335 e. The number of aliphatic hydroxyl groups is 3. The summed E-state index contributed by atoms with van der Waals surface area (Å²) in [6.45, 7) is 4.60. The molecule has 6 unspecified atom stereocenters. The number of hydrogen-bond donors (Lipinski definition) is 5. The molecule has 12 nitrogen and oxygen atoms in total. The first-order valence-electron chi connectivity index (χ1n) is 25.3. The summed E-state index contributed by atoms with van der Waals surface area (Å²) in [5, 5.41) is 47.8. The third-order valence-electron chi connectivity index (χ3n) is 14.8. The molecule has 0 saturated carbocycles. The molecular formula is C59H65N3O9. The number of methoxy groups -OCH3 is 1. The number of fused-ring (bicyclic) bond motifs is 5. The highest BCUT2D eigenvalue weighted by atomic mass is 16.5. The van der Waals surface area contributed by atoms with E-state index in [1.54, 1.807) is 37.5 Å². The van der Waals surface area contributed by atoms with E-state index in [1.165, 1.54) is 0 Å². The number of carbonyl (C=O) groups excluding carboxylic acids is 1. The summed E-state index contributed by atoms with van der Waals surface area (Å²) in [5.74, 6) is 1.92. The molecule has 1 aromatic heterocycles. The summed E-state index contributed by atoms with van der Waals surface area (Å²) < 4.78 is 27.0. The van der Waals surface area contributed by atoms with Gasteiger partial charge in [-0.25, -0.2) is 0 Å². The summed E-state index contributed by atoms with van der Waals surface area (Å²) in [4.78, 5) is 20.0. The Labute approximate surface area is 415 Å². The van der Waals surface area contributed by atoms with Crippen LogP contribution in [-0.2, 0) is 25.7 Å². The molecule has 12 heteroatoms. The molecule has 1 aliphatic carbocycles. The third kappa shape index (κ3) is 10.2. The molecule has 1 saturated heterocycles. The lowest BCUT2D eigenvalue weighted by Crippen LogP contribution is -2.52. The van der Waals surface area contributed by atoms with E-state index in [0.717, 1.165) is 88.5 Å². The molecule has 5 heterocycles. The van der Waals surface area contributed by atoms with Gasteiger partial charge in [0.25, 0.3) is 0 Å². The molecule has 71 heavy (non-hydrogen) atoms. The molecule has 6 bridgehead atoms. The first-order valence-corrected chi connectivity index (χ1v) is 25.3. The Morgan fingerprint density at radius 1 is 0.915 bits per heavy atom. The maximum absolute atomic E-state index is 12.2. The van der Waals surface area contributed by atoms with Crippen molar-refractivity contribution in [1.29, 1.82) is 0 Å². The standard InChI is InChI=1S/C59H64N3O9/c1-3-42-31-49-40-11-7-10-37(28-40)13-21-48-55-54(52(67)32-53(71-55)39-15-18-44(64)19-16-39)57(69-27-24-45(65)17-12-36-8-5-4-6-9-36)58(68-2)56(48)70-35-41(34-63)46-22-23-51(66)50-30-38(14-20-47(46)50)29-43-33-60-25-26-62(43)59(49)61-42/h4-12,14-20,28,30-31,41,43,45-46,51,53,60,63-66H,3,13,21-27,29,32-35H2,1-2H3/q-1/p+1. The van der Waals surface area contributed by atoms with Gasteiger partial charge in [-0.1, -0.05) is 122 Å². The molecule has 6 atom stereocenters. The second-order valence-corrected chi connectivity index (χ2v) is 19.4. The molecular weight excluding hydrogens is 895 g/mol. The minimum absolute atomic E-state index is 0.0394. The van der Waals surface area contributed by atoms with Crippen molar-refractivity contribution >= 4 is 17.7 Å². The number of rotatable bonds is 10. The minimum Gasteiger partial charge on any atom is -0.508 e. The number of piperazine rings is 1. The number of aryl methyl sites for hydroxylation is 2. The van der Waals surface area contributed by atoms with Gasteiger partial charge in [0.15, 0.2) is 17.1 Å². The predicted molar refractivity (Wildman–Crippen MR) is 276 cm³/mol. The highest BCUT2D eigenvalue weighted by Crippen LogP contribution is 2.54. The van der Waals surface area contributed by atoms with Gasteiger partial charge in [-0.05, 0) is 127 Å². The summed E-state index contributed by atoms with van der Waals surface area (Å²) in [6.07, 6.45) is 5.65. The van der Waals surface area contributed by atoms with Crippen molar-refractivity contribution in [3.05, 3.63) is 159 Å². The number of phenolic OH excluding ortho intramolecular Hbond substituents is 1. The Morgan fingerprint density at radius 3 is 2.56 bits per heavy atom. The molecule has 5 aromatic carbocycles.